The highest BCUT2D eigenvalue weighted by Gasteiger charge is 2.53. The molecule has 1 fully saturated rings. The summed E-state index contributed by atoms with van der Waals surface area (Å²) in [6.07, 6.45) is 2.36. The molecule has 0 aliphatic carbocycles. The van der Waals surface area contributed by atoms with Crippen molar-refractivity contribution in [1.29, 1.82) is 0 Å². The van der Waals surface area contributed by atoms with Crippen LogP contribution in [0.15, 0.2) is 30.4 Å². The molecule has 4 atom stereocenters. The minimum Gasteiger partial charge on any atom is -0.497 e. The molecule has 0 saturated carbocycles. The first kappa shape index (κ1) is 15.4. The van der Waals surface area contributed by atoms with E-state index < -0.39 is 35.9 Å². The van der Waals surface area contributed by atoms with Crippen molar-refractivity contribution < 1.29 is 28.9 Å². The molecule has 23 heavy (non-hydrogen) atoms. The Morgan fingerprint density at radius 1 is 1.13 bits per heavy atom. The van der Waals surface area contributed by atoms with Crippen molar-refractivity contribution in [2.45, 2.75) is 12.2 Å². The van der Waals surface area contributed by atoms with Crippen LogP contribution in [0.3, 0.4) is 0 Å². The molecule has 1 saturated heterocycles. The zero-order valence-electron chi connectivity index (χ0n) is 12.7. The van der Waals surface area contributed by atoms with Crippen LogP contribution in [-0.4, -0.2) is 43.4 Å². The third kappa shape index (κ3) is 2.63. The molecule has 1 aromatic carbocycles. The molecule has 2 N–H and O–H groups in total. The molecule has 122 valence electrons. The Labute approximate surface area is 132 Å². The number of ether oxygens (including phenoxy) is 3. The largest absolute Gasteiger partial charge is 0.497 e. The highest BCUT2D eigenvalue weighted by molar-refractivity contribution is 5.97. The van der Waals surface area contributed by atoms with Gasteiger partial charge in [-0.2, -0.15) is 0 Å². The third-order valence-electron chi connectivity index (χ3n) is 4.15. The molecule has 0 unspecified atom stereocenters. The summed E-state index contributed by atoms with van der Waals surface area (Å²) in [5.41, 5.74) is 0.424. The number of anilines is 1. The molecule has 0 radical (unpaired) electrons. The lowest BCUT2D eigenvalue weighted by Gasteiger charge is -2.21. The summed E-state index contributed by atoms with van der Waals surface area (Å²) in [5, 5.41) is 12.1. The summed E-state index contributed by atoms with van der Waals surface area (Å²) in [5.74, 6) is -2.11. The van der Waals surface area contributed by atoms with Gasteiger partial charge in [0.05, 0.1) is 38.0 Å². The van der Waals surface area contributed by atoms with Gasteiger partial charge >= 0.3 is 5.97 Å². The Morgan fingerprint density at radius 2 is 1.83 bits per heavy atom. The van der Waals surface area contributed by atoms with Gasteiger partial charge in [-0.25, -0.2) is 0 Å². The predicted molar refractivity (Wildman–Crippen MR) is 80.6 cm³/mol. The van der Waals surface area contributed by atoms with Crippen molar-refractivity contribution >= 4 is 17.6 Å². The number of benzene rings is 1. The Morgan fingerprint density at radius 3 is 2.43 bits per heavy atom. The lowest BCUT2D eigenvalue weighted by atomic mass is 9.82. The number of rotatable bonds is 5. The van der Waals surface area contributed by atoms with Crippen molar-refractivity contribution in [2.75, 3.05) is 19.5 Å². The molecule has 0 aromatic heterocycles. The van der Waals surface area contributed by atoms with E-state index in [0.717, 1.165) is 0 Å². The van der Waals surface area contributed by atoms with E-state index in [9.17, 15) is 14.7 Å². The van der Waals surface area contributed by atoms with Gasteiger partial charge in [0.2, 0.25) is 5.91 Å². The molecular weight excluding hydrogens is 302 g/mol. The fourth-order valence-corrected chi connectivity index (χ4v) is 3.04. The summed E-state index contributed by atoms with van der Waals surface area (Å²) < 4.78 is 15.9. The number of amides is 1. The first-order valence-electron chi connectivity index (χ1n) is 7.14. The van der Waals surface area contributed by atoms with Crippen LogP contribution < -0.4 is 14.8 Å². The van der Waals surface area contributed by atoms with Crippen LogP contribution in [0.1, 0.15) is 0 Å². The van der Waals surface area contributed by atoms with E-state index in [1.165, 1.54) is 14.2 Å². The van der Waals surface area contributed by atoms with Crippen molar-refractivity contribution in [3.63, 3.8) is 0 Å². The lowest BCUT2D eigenvalue weighted by Crippen LogP contribution is -2.39. The highest BCUT2D eigenvalue weighted by Crippen LogP contribution is 2.40. The number of hydrogen-bond acceptors (Lipinski definition) is 5. The zero-order valence-corrected chi connectivity index (χ0v) is 12.7. The van der Waals surface area contributed by atoms with Gasteiger partial charge in [0.1, 0.15) is 17.4 Å². The maximum atomic E-state index is 12.6. The van der Waals surface area contributed by atoms with Crippen LogP contribution >= 0.6 is 0 Å². The van der Waals surface area contributed by atoms with Gasteiger partial charge in [-0.15, -0.1) is 0 Å². The SMILES string of the molecule is COc1ccc(OC)c(NC(=O)[C@H]2[C@@H](C(=O)O)[C@H]3C=C[C@@H]2O3)c1. The predicted octanol–water partition coefficient (Wildman–Crippen LogP) is 1.30. The Kier molecular flexibility index (Phi) is 3.96. The molecule has 2 bridgehead atoms. The number of carboxylic acids is 1. The van der Waals surface area contributed by atoms with E-state index in [1.54, 1.807) is 30.4 Å². The van der Waals surface area contributed by atoms with E-state index >= 15 is 0 Å². The van der Waals surface area contributed by atoms with E-state index in [-0.39, 0.29) is 0 Å². The van der Waals surface area contributed by atoms with Crippen LogP contribution in [-0.2, 0) is 14.3 Å². The number of carboxylic acid groups (broad SMARTS) is 1. The molecule has 2 aliphatic heterocycles. The maximum absolute atomic E-state index is 12.6. The van der Waals surface area contributed by atoms with Gasteiger partial charge in [-0.1, -0.05) is 12.2 Å². The van der Waals surface area contributed by atoms with Crippen LogP contribution in [0.25, 0.3) is 0 Å². The third-order valence-corrected chi connectivity index (χ3v) is 4.15. The Hall–Kier alpha value is -2.54. The zero-order chi connectivity index (χ0) is 16.6. The van der Waals surface area contributed by atoms with E-state index in [2.05, 4.69) is 5.32 Å². The summed E-state index contributed by atoms with van der Waals surface area (Å²) in [4.78, 5) is 24.0. The van der Waals surface area contributed by atoms with Gasteiger partial charge in [0.15, 0.2) is 0 Å². The maximum Gasteiger partial charge on any atom is 0.310 e. The van der Waals surface area contributed by atoms with Crippen molar-refractivity contribution in [2.24, 2.45) is 11.8 Å². The second kappa shape index (κ2) is 5.92. The van der Waals surface area contributed by atoms with Crippen molar-refractivity contribution in [1.82, 2.24) is 0 Å². The average molecular weight is 319 g/mol. The fourth-order valence-electron chi connectivity index (χ4n) is 3.04. The lowest BCUT2D eigenvalue weighted by molar-refractivity contribution is -0.145. The molecule has 7 heteroatoms. The minimum absolute atomic E-state index is 0.416. The van der Waals surface area contributed by atoms with E-state index in [1.807, 2.05) is 0 Å². The Bertz CT molecular complexity index is 671. The van der Waals surface area contributed by atoms with Crippen molar-refractivity contribution in [3.05, 3.63) is 30.4 Å². The van der Waals surface area contributed by atoms with Gasteiger partial charge in [0.25, 0.3) is 0 Å². The van der Waals surface area contributed by atoms with Crippen LogP contribution in [0.5, 0.6) is 11.5 Å². The summed E-state index contributed by atoms with van der Waals surface area (Å²) in [7, 11) is 3.00. The van der Waals surface area contributed by atoms with Gasteiger partial charge in [0, 0.05) is 6.07 Å². The molecule has 1 amide bonds. The molecular formula is C16H17NO6. The smallest absolute Gasteiger partial charge is 0.310 e. The van der Waals surface area contributed by atoms with Crippen LogP contribution in [0.4, 0.5) is 5.69 Å². The quantitative estimate of drug-likeness (QED) is 0.795. The molecule has 2 aliphatic rings. The van der Waals surface area contributed by atoms with Crippen molar-refractivity contribution in [3.8, 4) is 11.5 Å². The average Bonchev–Trinajstić information content (AvgIpc) is 3.15. The molecule has 3 rings (SSSR count). The number of aliphatic carboxylic acids is 1. The monoisotopic (exact) mass is 319 g/mol. The van der Waals surface area contributed by atoms with Crippen LogP contribution in [0, 0.1) is 11.8 Å². The minimum atomic E-state index is -1.04. The summed E-state index contributed by atoms with van der Waals surface area (Å²) in [6, 6.07) is 4.99. The second-order valence-electron chi connectivity index (χ2n) is 5.40. The number of fused-ring (bicyclic) bond motifs is 2. The van der Waals surface area contributed by atoms with Gasteiger partial charge in [-0.3, -0.25) is 9.59 Å². The van der Waals surface area contributed by atoms with E-state index in [0.29, 0.717) is 17.2 Å². The number of carbonyl (C=O) groups is 2. The highest BCUT2D eigenvalue weighted by atomic mass is 16.5. The summed E-state index contributed by atoms with van der Waals surface area (Å²) >= 11 is 0. The molecule has 1 aromatic rings. The second-order valence-corrected chi connectivity index (χ2v) is 5.40. The molecule has 7 nitrogen and oxygen atoms in total. The first-order chi connectivity index (χ1) is 11.0. The molecule has 0 spiro atoms. The van der Waals surface area contributed by atoms with Crippen LogP contribution in [0.2, 0.25) is 0 Å². The number of hydrogen-bond donors (Lipinski definition) is 2. The number of carbonyl (C=O) groups excluding carboxylic acids is 1. The van der Waals surface area contributed by atoms with Gasteiger partial charge in [-0.05, 0) is 12.1 Å². The van der Waals surface area contributed by atoms with E-state index in [4.69, 9.17) is 14.2 Å². The number of methoxy groups -OCH3 is 2. The molecule has 2 heterocycles. The summed E-state index contributed by atoms with van der Waals surface area (Å²) in [6.45, 7) is 0. The standard InChI is InChI=1S/C16H17NO6/c1-21-8-3-4-10(22-2)9(7-8)17-15(18)13-11-5-6-12(23-11)14(13)16(19)20/h3-7,11-14H,1-2H3,(H,17,18)(H,19,20)/t11-,12+,13+,14-/m0/s1. The normalized spacial score (nSPS) is 27.7. The number of nitrogens with one attached hydrogen (secondary N) is 1. The Balaban J connectivity index is 1.84. The fraction of sp³-hybridized carbons (Fsp3) is 0.375. The first-order valence-corrected chi connectivity index (χ1v) is 7.14. The topological polar surface area (TPSA) is 94.1 Å². The van der Waals surface area contributed by atoms with Gasteiger partial charge < -0.3 is 24.6 Å².